The van der Waals surface area contributed by atoms with Gasteiger partial charge in [-0.1, -0.05) is 0 Å². The van der Waals surface area contributed by atoms with Crippen molar-refractivity contribution in [3.63, 3.8) is 0 Å². The maximum absolute atomic E-state index is 5.22. The predicted molar refractivity (Wildman–Crippen MR) is 45.3 cm³/mol. The molecule has 9 heavy (non-hydrogen) atoms. The Bertz CT molecular complexity index is 186. The van der Waals surface area contributed by atoms with Crippen molar-refractivity contribution in [3.05, 3.63) is 0 Å². The van der Waals surface area contributed by atoms with Crippen LogP contribution in [0.25, 0.3) is 0 Å². The van der Waals surface area contributed by atoms with Crippen molar-refractivity contribution >= 4 is 30.0 Å². The van der Waals surface area contributed by atoms with Gasteiger partial charge in [0.05, 0.1) is 14.2 Å². The Morgan fingerprint density at radius 2 is 2.22 bits per heavy atom. The van der Waals surface area contributed by atoms with Crippen LogP contribution in [0.5, 0.6) is 0 Å². The van der Waals surface area contributed by atoms with Gasteiger partial charge in [0.15, 0.2) is 0 Å². The number of nitrogens with zero attached hydrogens (tertiary/aromatic N) is 1. The van der Waals surface area contributed by atoms with Gasteiger partial charge in [-0.25, -0.2) is 4.31 Å². The van der Waals surface area contributed by atoms with Gasteiger partial charge in [-0.2, -0.15) is 0 Å². The van der Waals surface area contributed by atoms with E-state index in [9.17, 15) is 0 Å². The van der Waals surface area contributed by atoms with Crippen LogP contribution in [0.4, 0.5) is 0 Å². The fourth-order valence-electron chi connectivity index (χ4n) is 0.653. The molecule has 1 saturated heterocycles. The van der Waals surface area contributed by atoms with Gasteiger partial charge < -0.3 is 0 Å². The third-order valence-electron chi connectivity index (χ3n) is 1.23. The standard InChI is InChI=1S/C4H9NOS3/c1-5-3-2-4-6-9(5,7)8/h2-4H2,1H3. The van der Waals surface area contributed by atoms with Crippen LogP contribution in [-0.2, 0) is 34.2 Å². The molecule has 1 heterocycles. The van der Waals surface area contributed by atoms with E-state index in [1.807, 2.05) is 11.4 Å². The summed E-state index contributed by atoms with van der Waals surface area (Å²) in [5, 5.41) is 0. The number of hydrogen-bond donors (Lipinski definition) is 0. The summed E-state index contributed by atoms with van der Waals surface area (Å²) in [6.45, 7) is 1.73. The molecule has 0 saturated carbocycles. The van der Waals surface area contributed by atoms with Crippen LogP contribution in [0.2, 0.25) is 0 Å². The van der Waals surface area contributed by atoms with E-state index in [2.05, 4.69) is 0 Å². The van der Waals surface area contributed by atoms with Gasteiger partial charge in [-0.15, -0.1) is 0 Å². The molecule has 0 bridgehead atoms. The monoisotopic (exact) mass is 183 g/mol. The quantitative estimate of drug-likeness (QED) is 0.533. The lowest BCUT2D eigenvalue weighted by atomic mass is 10.5. The summed E-state index contributed by atoms with van der Waals surface area (Å²) >= 11 is 10.0. The molecule has 0 aromatic heterocycles. The lowest BCUT2D eigenvalue weighted by molar-refractivity contribution is 0.283. The molecule has 1 aliphatic rings. The maximum Gasteiger partial charge on any atom is 0.0821 e. The van der Waals surface area contributed by atoms with E-state index < -0.39 is 7.61 Å². The molecular formula is C4H9NOS3. The zero-order valence-electron chi connectivity index (χ0n) is 5.20. The van der Waals surface area contributed by atoms with E-state index in [1.165, 1.54) is 0 Å². The summed E-state index contributed by atoms with van der Waals surface area (Å²) in [5.41, 5.74) is 0. The fraction of sp³-hybridized carbons (Fsp3) is 1.00. The first-order chi connectivity index (χ1) is 4.13. The second kappa shape index (κ2) is 2.75. The van der Waals surface area contributed by atoms with Crippen molar-refractivity contribution in [3.8, 4) is 0 Å². The molecular weight excluding hydrogens is 174 g/mol. The van der Waals surface area contributed by atoms with Gasteiger partial charge in [0.25, 0.3) is 0 Å². The maximum atomic E-state index is 5.22. The predicted octanol–water partition coefficient (Wildman–Crippen LogP) is 0.246. The highest BCUT2D eigenvalue weighted by molar-refractivity contribution is 8.52. The van der Waals surface area contributed by atoms with Crippen molar-refractivity contribution in [2.45, 2.75) is 6.42 Å². The second-order valence-electron chi connectivity index (χ2n) is 1.95. The minimum atomic E-state index is -1.66. The highest BCUT2D eigenvalue weighted by atomic mass is 33.1. The van der Waals surface area contributed by atoms with Gasteiger partial charge >= 0.3 is 0 Å². The van der Waals surface area contributed by atoms with Crippen molar-refractivity contribution in [1.29, 1.82) is 0 Å². The molecule has 1 rings (SSSR count). The molecule has 5 heteroatoms. The smallest absolute Gasteiger partial charge is 0.0821 e. The Hall–Kier alpha value is 0.710. The van der Waals surface area contributed by atoms with Crippen LogP contribution in [0.1, 0.15) is 6.42 Å². The SMILES string of the molecule is CN1CCCOS1(=S)=S. The normalized spacial score (nSPS) is 28.1. The number of hydrogen-bond acceptors (Lipinski definition) is 3. The molecule has 54 valence electrons. The first-order valence-electron chi connectivity index (χ1n) is 2.73. The summed E-state index contributed by atoms with van der Waals surface area (Å²) in [7, 11) is 0.264. The summed E-state index contributed by atoms with van der Waals surface area (Å²) in [5.74, 6) is 0. The largest absolute Gasteiger partial charge is 0.298 e. The van der Waals surface area contributed by atoms with Crippen LogP contribution >= 0.6 is 0 Å². The van der Waals surface area contributed by atoms with E-state index in [4.69, 9.17) is 26.6 Å². The summed E-state index contributed by atoms with van der Waals surface area (Å²) in [6.07, 6.45) is 1.05. The highest BCUT2D eigenvalue weighted by Crippen LogP contribution is 2.08. The summed E-state index contributed by atoms with van der Waals surface area (Å²) < 4.78 is 7.16. The first-order valence-corrected chi connectivity index (χ1v) is 6.10. The second-order valence-corrected chi connectivity index (χ2v) is 7.01. The third kappa shape index (κ3) is 1.81. The van der Waals surface area contributed by atoms with E-state index in [-0.39, 0.29) is 0 Å². The Kier molecular flexibility index (Phi) is 2.39. The average Bonchev–Trinajstić information content (AvgIpc) is 1.77. The van der Waals surface area contributed by atoms with Crippen LogP contribution in [0.15, 0.2) is 0 Å². The molecule has 0 amide bonds. The van der Waals surface area contributed by atoms with E-state index in [1.54, 1.807) is 0 Å². The van der Waals surface area contributed by atoms with Gasteiger partial charge in [0, 0.05) is 6.54 Å². The minimum absolute atomic E-state index is 0.743. The van der Waals surface area contributed by atoms with Crippen LogP contribution < -0.4 is 0 Å². The lowest BCUT2D eigenvalue weighted by Gasteiger charge is -2.26. The van der Waals surface area contributed by atoms with Crippen LogP contribution in [-0.4, -0.2) is 24.5 Å². The molecule has 0 N–H and O–H groups in total. The Labute approximate surface area is 65.3 Å². The molecule has 2 nitrogen and oxygen atoms in total. The molecule has 0 spiro atoms. The Morgan fingerprint density at radius 1 is 1.56 bits per heavy atom. The van der Waals surface area contributed by atoms with Crippen molar-refractivity contribution < 1.29 is 4.18 Å². The topological polar surface area (TPSA) is 12.5 Å². The van der Waals surface area contributed by atoms with Crippen molar-refractivity contribution in [2.24, 2.45) is 0 Å². The third-order valence-corrected chi connectivity index (χ3v) is 4.75. The lowest BCUT2D eigenvalue weighted by Crippen LogP contribution is -2.33. The van der Waals surface area contributed by atoms with E-state index in [0.29, 0.717) is 0 Å². The van der Waals surface area contributed by atoms with Gasteiger partial charge in [0.1, 0.15) is 0 Å². The molecule has 0 aliphatic carbocycles. The molecule has 0 atom stereocenters. The highest BCUT2D eigenvalue weighted by Gasteiger charge is 2.14. The van der Waals surface area contributed by atoms with Gasteiger partial charge in [0.2, 0.25) is 0 Å². The molecule has 0 radical (unpaired) electrons. The molecule has 0 aromatic rings. The molecule has 0 unspecified atom stereocenters. The molecule has 0 aromatic carbocycles. The molecule has 1 fully saturated rings. The number of rotatable bonds is 0. The summed E-state index contributed by atoms with van der Waals surface area (Å²) in [6, 6.07) is 0. The summed E-state index contributed by atoms with van der Waals surface area (Å²) in [4.78, 5) is 0. The van der Waals surface area contributed by atoms with Crippen molar-refractivity contribution in [2.75, 3.05) is 20.2 Å². The zero-order chi connectivity index (χ0) is 6.91. The first kappa shape index (κ1) is 7.81. The minimum Gasteiger partial charge on any atom is -0.298 e. The van der Waals surface area contributed by atoms with Crippen LogP contribution in [0, 0.1) is 0 Å². The zero-order valence-corrected chi connectivity index (χ0v) is 7.65. The Morgan fingerprint density at radius 3 is 2.56 bits per heavy atom. The average molecular weight is 183 g/mol. The Balaban J connectivity index is 2.72. The van der Waals surface area contributed by atoms with Crippen molar-refractivity contribution in [1.82, 2.24) is 4.31 Å². The van der Waals surface area contributed by atoms with E-state index in [0.717, 1.165) is 19.6 Å². The van der Waals surface area contributed by atoms with Crippen LogP contribution in [0.3, 0.4) is 0 Å². The van der Waals surface area contributed by atoms with Gasteiger partial charge in [-0.05, 0) is 35.8 Å². The van der Waals surface area contributed by atoms with E-state index >= 15 is 0 Å². The molecule has 1 aliphatic heterocycles. The fourth-order valence-corrected chi connectivity index (χ4v) is 2.37. The van der Waals surface area contributed by atoms with Gasteiger partial charge in [-0.3, -0.25) is 4.18 Å².